The van der Waals surface area contributed by atoms with E-state index in [9.17, 15) is 17.6 Å². The van der Waals surface area contributed by atoms with E-state index in [0.717, 1.165) is 12.1 Å². The maximum atomic E-state index is 13.6. The Morgan fingerprint density at radius 3 is 2.42 bits per heavy atom. The second kappa shape index (κ2) is 4.63. The van der Waals surface area contributed by atoms with Gasteiger partial charge in [-0.2, -0.15) is 13.2 Å². The van der Waals surface area contributed by atoms with Crippen molar-refractivity contribution in [1.29, 1.82) is 0 Å². The Balaban J connectivity index is 2.93. The summed E-state index contributed by atoms with van der Waals surface area (Å²) in [6.45, 7) is 1.52. The number of nitrogens with zero attached hydrogens (tertiary/aromatic N) is 1. The van der Waals surface area contributed by atoms with E-state index >= 15 is 0 Å². The predicted molar refractivity (Wildman–Crippen MR) is 68.7 cm³/mol. The third-order valence-electron chi connectivity index (χ3n) is 2.73. The molecule has 0 atom stereocenters. The molecule has 2 nitrogen and oxygen atoms in total. The van der Waals surface area contributed by atoms with Crippen LogP contribution in [-0.4, -0.2) is 12.0 Å². The van der Waals surface area contributed by atoms with E-state index in [1.165, 1.54) is 14.0 Å². The number of anilines is 1. The first-order valence-corrected chi connectivity index (χ1v) is 6.09. The summed E-state index contributed by atoms with van der Waals surface area (Å²) in [5.41, 5.74) is -0.372. The van der Waals surface area contributed by atoms with Gasteiger partial charge in [0.05, 0.1) is 9.99 Å². The number of hydrogen-bond acceptors (Lipinski definition) is 2. The Hall–Kier alpha value is -1.37. The standard InChI is InChI=1S/C12H9BrF4N2/c1-5-3-6(14)10(13)9-7(18-2)4-8(12(15,16)17)19-11(5)9/h3-4H,1-2H3,(H,18,19). The Morgan fingerprint density at radius 2 is 1.89 bits per heavy atom. The Bertz CT molecular complexity index is 652. The van der Waals surface area contributed by atoms with Crippen LogP contribution in [0.5, 0.6) is 0 Å². The van der Waals surface area contributed by atoms with Gasteiger partial charge in [-0.1, -0.05) is 0 Å². The quantitative estimate of drug-likeness (QED) is 0.775. The van der Waals surface area contributed by atoms with E-state index in [0.29, 0.717) is 10.9 Å². The van der Waals surface area contributed by atoms with Crippen molar-refractivity contribution in [1.82, 2.24) is 4.98 Å². The van der Waals surface area contributed by atoms with E-state index in [2.05, 4.69) is 26.2 Å². The fraction of sp³-hybridized carbons (Fsp3) is 0.250. The lowest BCUT2D eigenvalue weighted by Gasteiger charge is -2.14. The predicted octanol–water partition coefficient (Wildman–Crippen LogP) is 4.51. The molecule has 0 saturated heterocycles. The SMILES string of the molecule is CNc1cc(C(F)(F)F)nc2c(C)cc(F)c(Br)c12. The molecule has 0 radical (unpaired) electrons. The van der Waals surface area contributed by atoms with E-state index in [1.807, 2.05) is 0 Å². The number of pyridine rings is 1. The summed E-state index contributed by atoms with van der Waals surface area (Å²) in [5.74, 6) is -0.539. The van der Waals surface area contributed by atoms with Crippen LogP contribution in [0.25, 0.3) is 10.9 Å². The molecule has 102 valence electrons. The zero-order valence-electron chi connectivity index (χ0n) is 9.99. The average molecular weight is 337 g/mol. The zero-order chi connectivity index (χ0) is 14.4. The molecule has 0 aliphatic heterocycles. The number of aryl methyl sites for hydroxylation is 1. The minimum Gasteiger partial charge on any atom is -0.387 e. The van der Waals surface area contributed by atoms with Gasteiger partial charge in [0, 0.05) is 18.1 Å². The van der Waals surface area contributed by atoms with E-state index in [1.54, 1.807) is 0 Å². The topological polar surface area (TPSA) is 24.9 Å². The van der Waals surface area contributed by atoms with Gasteiger partial charge in [-0.15, -0.1) is 0 Å². The smallest absolute Gasteiger partial charge is 0.387 e. The van der Waals surface area contributed by atoms with E-state index in [4.69, 9.17) is 0 Å². The highest BCUT2D eigenvalue weighted by Gasteiger charge is 2.34. The molecule has 0 spiro atoms. The molecule has 0 unspecified atom stereocenters. The summed E-state index contributed by atoms with van der Waals surface area (Å²) >= 11 is 3.05. The van der Waals surface area contributed by atoms with Crippen molar-refractivity contribution >= 4 is 32.5 Å². The average Bonchev–Trinajstić information content (AvgIpc) is 2.33. The van der Waals surface area contributed by atoms with Crippen LogP contribution in [-0.2, 0) is 6.18 Å². The van der Waals surface area contributed by atoms with Crippen molar-refractivity contribution in [3.63, 3.8) is 0 Å². The zero-order valence-corrected chi connectivity index (χ0v) is 11.6. The molecular formula is C12H9BrF4N2. The number of halogens is 5. The first-order chi connectivity index (χ1) is 8.75. The van der Waals surface area contributed by atoms with Crippen LogP contribution >= 0.6 is 15.9 Å². The van der Waals surface area contributed by atoms with Crippen LogP contribution in [0.4, 0.5) is 23.2 Å². The second-order valence-corrected chi connectivity index (χ2v) is 4.81. The van der Waals surface area contributed by atoms with Gasteiger partial charge in [0.2, 0.25) is 0 Å². The summed E-state index contributed by atoms with van der Waals surface area (Å²) in [6.07, 6.45) is -4.55. The van der Waals surface area contributed by atoms with Crippen LogP contribution in [0.15, 0.2) is 16.6 Å². The highest BCUT2D eigenvalue weighted by molar-refractivity contribution is 9.10. The summed E-state index contributed by atoms with van der Waals surface area (Å²) in [5, 5.41) is 2.94. The third kappa shape index (κ3) is 2.39. The molecule has 1 N–H and O–H groups in total. The van der Waals surface area contributed by atoms with Crippen LogP contribution in [0, 0.1) is 12.7 Å². The minimum absolute atomic E-state index is 0.0960. The maximum absolute atomic E-state index is 13.6. The molecule has 7 heteroatoms. The van der Waals surface area contributed by atoms with Crippen molar-refractivity contribution in [2.24, 2.45) is 0 Å². The molecule has 0 fully saturated rings. The van der Waals surface area contributed by atoms with Gasteiger partial charge in [0.25, 0.3) is 0 Å². The van der Waals surface area contributed by atoms with Gasteiger partial charge >= 0.3 is 6.18 Å². The number of nitrogens with one attached hydrogen (secondary N) is 1. The summed E-state index contributed by atoms with van der Waals surface area (Å²) in [6, 6.07) is 2.02. The van der Waals surface area contributed by atoms with Crippen molar-refractivity contribution in [2.75, 3.05) is 12.4 Å². The summed E-state index contributed by atoms with van der Waals surface area (Å²) in [7, 11) is 1.47. The van der Waals surface area contributed by atoms with Crippen LogP contribution in [0.3, 0.4) is 0 Å². The van der Waals surface area contributed by atoms with Gasteiger partial charge in [-0.05, 0) is 40.5 Å². The molecule has 1 heterocycles. The molecule has 0 bridgehead atoms. The van der Waals surface area contributed by atoms with Crippen molar-refractivity contribution in [3.8, 4) is 0 Å². The number of aromatic nitrogens is 1. The summed E-state index contributed by atoms with van der Waals surface area (Å²) < 4.78 is 52.0. The van der Waals surface area contributed by atoms with Crippen molar-refractivity contribution in [3.05, 3.63) is 33.7 Å². The normalized spacial score (nSPS) is 11.9. The lowest BCUT2D eigenvalue weighted by Crippen LogP contribution is -2.10. The van der Waals surface area contributed by atoms with Gasteiger partial charge in [-0.25, -0.2) is 9.37 Å². The van der Waals surface area contributed by atoms with Gasteiger partial charge in [0.1, 0.15) is 11.5 Å². The van der Waals surface area contributed by atoms with Crippen LogP contribution in [0.2, 0.25) is 0 Å². The number of hydrogen-bond donors (Lipinski definition) is 1. The lowest BCUT2D eigenvalue weighted by molar-refractivity contribution is -0.140. The lowest BCUT2D eigenvalue weighted by atomic mass is 10.1. The van der Waals surface area contributed by atoms with E-state index in [-0.39, 0.29) is 15.7 Å². The second-order valence-electron chi connectivity index (χ2n) is 4.02. The molecular weight excluding hydrogens is 328 g/mol. The van der Waals surface area contributed by atoms with Crippen molar-refractivity contribution in [2.45, 2.75) is 13.1 Å². The van der Waals surface area contributed by atoms with Crippen LogP contribution < -0.4 is 5.32 Å². The number of alkyl halides is 3. The summed E-state index contributed by atoms with van der Waals surface area (Å²) in [4.78, 5) is 3.59. The van der Waals surface area contributed by atoms with Crippen molar-refractivity contribution < 1.29 is 17.6 Å². The molecule has 19 heavy (non-hydrogen) atoms. The fourth-order valence-electron chi connectivity index (χ4n) is 1.84. The highest BCUT2D eigenvalue weighted by atomic mass is 79.9. The number of rotatable bonds is 1. The fourth-order valence-corrected chi connectivity index (χ4v) is 2.35. The van der Waals surface area contributed by atoms with E-state index < -0.39 is 17.7 Å². The van der Waals surface area contributed by atoms with Gasteiger partial charge in [0.15, 0.2) is 0 Å². The number of benzene rings is 1. The van der Waals surface area contributed by atoms with Crippen LogP contribution in [0.1, 0.15) is 11.3 Å². The molecule has 2 rings (SSSR count). The molecule has 0 aliphatic rings. The van der Waals surface area contributed by atoms with Gasteiger partial charge in [-0.3, -0.25) is 0 Å². The number of fused-ring (bicyclic) bond motifs is 1. The Labute approximate surface area is 115 Å². The first kappa shape index (κ1) is 14.0. The molecule has 0 amide bonds. The molecule has 1 aromatic carbocycles. The monoisotopic (exact) mass is 336 g/mol. The first-order valence-electron chi connectivity index (χ1n) is 5.30. The molecule has 0 saturated carbocycles. The molecule has 1 aromatic heterocycles. The Kier molecular flexibility index (Phi) is 3.42. The maximum Gasteiger partial charge on any atom is 0.433 e. The molecule has 2 aromatic rings. The largest absolute Gasteiger partial charge is 0.433 e. The Morgan fingerprint density at radius 1 is 1.26 bits per heavy atom. The highest BCUT2D eigenvalue weighted by Crippen LogP contribution is 2.38. The van der Waals surface area contributed by atoms with Gasteiger partial charge < -0.3 is 5.32 Å². The molecule has 0 aliphatic carbocycles. The third-order valence-corrected chi connectivity index (χ3v) is 3.50. The minimum atomic E-state index is -4.55.